The van der Waals surface area contributed by atoms with E-state index in [0.29, 0.717) is 4.90 Å². The van der Waals surface area contributed by atoms with Gasteiger partial charge in [0.2, 0.25) is 18.0 Å². The van der Waals surface area contributed by atoms with Crippen molar-refractivity contribution >= 4 is 23.8 Å². The molecule has 42 heavy (non-hydrogen) atoms. The summed E-state index contributed by atoms with van der Waals surface area (Å²) in [4.78, 5) is 37.8. The van der Waals surface area contributed by atoms with Crippen LogP contribution in [0, 0.1) is 0 Å². The Morgan fingerprint density at radius 1 is 1.00 bits per heavy atom. The van der Waals surface area contributed by atoms with Gasteiger partial charge in [-0.3, -0.25) is 14.3 Å². The zero-order chi connectivity index (χ0) is 30.4. The Morgan fingerprint density at radius 3 is 2.36 bits per heavy atom. The minimum Gasteiger partial charge on any atom is -0.451 e. The van der Waals surface area contributed by atoms with Crippen molar-refractivity contribution in [3.05, 3.63) is 93.4 Å². The molecule has 1 aromatic heterocycles. The minimum atomic E-state index is -4.65. The number of carbonyl (C=O) groups excluding carboxylic acids is 2. The van der Waals surface area contributed by atoms with Crippen LogP contribution in [-0.2, 0) is 21.6 Å². The lowest BCUT2D eigenvalue weighted by Gasteiger charge is -2.36. The molecule has 224 valence electrons. The SMILES string of the molecule is CC(C)OC(=O)OCOc1c2n(ccc1=O)NCN([C@H](C)C(F)(F)F)C2=O.c1ccc2c(c1)CSc1ccccc1C2. The van der Waals surface area contributed by atoms with Crippen LogP contribution in [0.15, 0.2) is 70.5 Å². The van der Waals surface area contributed by atoms with E-state index in [1.54, 1.807) is 13.8 Å². The zero-order valence-electron chi connectivity index (χ0n) is 23.1. The van der Waals surface area contributed by atoms with E-state index >= 15 is 0 Å². The van der Waals surface area contributed by atoms with Crippen LogP contribution in [0.25, 0.3) is 0 Å². The second kappa shape index (κ2) is 13.2. The number of aromatic nitrogens is 1. The van der Waals surface area contributed by atoms with Gasteiger partial charge in [0, 0.05) is 22.9 Å². The number of benzene rings is 2. The van der Waals surface area contributed by atoms with Gasteiger partial charge in [-0.05, 0) is 49.9 Å². The summed E-state index contributed by atoms with van der Waals surface area (Å²) in [6, 6.07) is 16.4. The standard InChI is InChI=1S/C15H18F3N3O6.C14H12S/c1-8(2)27-14(24)26-7-25-12-10(22)4-5-21-11(12)13(23)20(6-19-21)9(3)15(16,17)18;1-2-7-13-10-15-14-8-4-3-6-12(14)9-11(13)5-1/h4-5,8-9,19H,6-7H2,1-3H3;1-8H,9-10H2/t9-;/m1./s1. The van der Waals surface area contributed by atoms with E-state index in [9.17, 15) is 27.6 Å². The molecule has 1 atom stereocenters. The topological polar surface area (TPSA) is 99.1 Å². The fourth-order valence-electron chi connectivity index (χ4n) is 4.22. The van der Waals surface area contributed by atoms with Crippen molar-refractivity contribution in [1.29, 1.82) is 0 Å². The normalized spacial score (nSPS) is 14.6. The van der Waals surface area contributed by atoms with Crippen LogP contribution in [0.4, 0.5) is 18.0 Å². The maximum Gasteiger partial charge on any atom is 0.511 e. The van der Waals surface area contributed by atoms with Crippen LogP contribution in [-0.4, -0.2) is 53.4 Å². The van der Waals surface area contributed by atoms with E-state index < -0.39 is 60.7 Å². The molecule has 0 fully saturated rings. The van der Waals surface area contributed by atoms with Crippen LogP contribution in [0.5, 0.6) is 5.75 Å². The molecule has 0 saturated heterocycles. The molecular weight excluding hydrogens is 575 g/mol. The van der Waals surface area contributed by atoms with Gasteiger partial charge in [-0.25, -0.2) is 4.79 Å². The number of nitrogens with zero attached hydrogens (tertiary/aromatic N) is 2. The van der Waals surface area contributed by atoms with Crippen molar-refractivity contribution in [2.24, 2.45) is 0 Å². The van der Waals surface area contributed by atoms with Crippen LogP contribution < -0.4 is 15.6 Å². The number of nitrogens with one attached hydrogen (secondary N) is 1. The predicted molar refractivity (Wildman–Crippen MR) is 150 cm³/mol. The largest absolute Gasteiger partial charge is 0.511 e. The highest BCUT2D eigenvalue weighted by molar-refractivity contribution is 7.98. The lowest BCUT2D eigenvalue weighted by atomic mass is 10.0. The molecule has 0 unspecified atom stereocenters. The number of carbonyl (C=O) groups is 2. The van der Waals surface area contributed by atoms with E-state index in [1.165, 1.54) is 27.8 Å². The molecule has 2 aliphatic heterocycles. The van der Waals surface area contributed by atoms with Gasteiger partial charge >= 0.3 is 12.3 Å². The number of hydrogen-bond donors (Lipinski definition) is 1. The van der Waals surface area contributed by atoms with Gasteiger partial charge in [-0.15, -0.1) is 11.8 Å². The van der Waals surface area contributed by atoms with E-state index in [1.807, 2.05) is 11.8 Å². The third kappa shape index (κ3) is 7.38. The molecule has 9 nitrogen and oxygen atoms in total. The van der Waals surface area contributed by atoms with Gasteiger partial charge < -0.3 is 24.5 Å². The first-order valence-corrected chi connectivity index (χ1v) is 14.0. The number of ether oxygens (including phenoxy) is 3. The van der Waals surface area contributed by atoms with E-state index in [4.69, 9.17) is 9.47 Å². The number of amides is 1. The molecule has 5 rings (SSSR count). The number of hydrogen-bond acceptors (Lipinski definition) is 8. The Balaban J connectivity index is 0.000000225. The van der Waals surface area contributed by atoms with Crippen molar-refractivity contribution in [3.8, 4) is 5.75 Å². The highest BCUT2D eigenvalue weighted by atomic mass is 32.2. The third-order valence-corrected chi connectivity index (χ3v) is 7.60. The summed E-state index contributed by atoms with van der Waals surface area (Å²) >= 11 is 1.95. The molecule has 0 radical (unpaired) electrons. The van der Waals surface area contributed by atoms with Crippen LogP contribution in [0.3, 0.4) is 0 Å². The van der Waals surface area contributed by atoms with Crippen molar-refractivity contribution in [2.75, 3.05) is 18.9 Å². The number of alkyl halides is 3. The van der Waals surface area contributed by atoms with Gasteiger partial charge in [0.25, 0.3) is 5.91 Å². The van der Waals surface area contributed by atoms with E-state index in [-0.39, 0.29) is 0 Å². The monoisotopic (exact) mass is 605 g/mol. The van der Waals surface area contributed by atoms with Crippen LogP contribution in [0.2, 0.25) is 0 Å². The highest BCUT2D eigenvalue weighted by Crippen LogP contribution is 2.33. The third-order valence-electron chi connectivity index (χ3n) is 6.44. The number of halogens is 3. The number of fused-ring (bicyclic) bond motifs is 3. The fourth-order valence-corrected chi connectivity index (χ4v) is 5.32. The minimum absolute atomic E-state index is 0.425. The summed E-state index contributed by atoms with van der Waals surface area (Å²) in [5.74, 6) is -0.504. The van der Waals surface area contributed by atoms with Crippen LogP contribution in [0.1, 0.15) is 48.0 Å². The summed E-state index contributed by atoms with van der Waals surface area (Å²) in [5.41, 5.74) is 5.79. The molecule has 3 aromatic rings. The molecule has 1 amide bonds. The second-order valence-corrected chi connectivity index (χ2v) is 10.7. The second-order valence-electron chi connectivity index (χ2n) is 9.70. The maximum atomic E-state index is 13.0. The van der Waals surface area contributed by atoms with Gasteiger partial charge in [-0.1, -0.05) is 42.5 Å². The average Bonchev–Trinajstić information content (AvgIpc) is 3.13. The Bertz CT molecular complexity index is 1450. The molecule has 0 bridgehead atoms. The maximum absolute atomic E-state index is 13.0. The Kier molecular flexibility index (Phi) is 9.71. The quantitative estimate of drug-likeness (QED) is 0.299. The number of rotatable bonds is 5. The Hall–Kier alpha value is -4.13. The summed E-state index contributed by atoms with van der Waals surface area (Å²) in [6.07, 6.45) is -3.90. The molecule has 2 aromatic carbocycles. The molecule has 3 heterocycles. The van der Waals surface area contributed by atoms with Gasteiger partial charge in [-0.2, -0.15) is 13.2 Å². The molecule has 0 saturated carbocycles. The molecular formula is C29H30F3N3O6S. The molecule has 1 N–H and O–H groups in total. The van der Waals surface area contributed by atoms with E-state index in [2.05, 4.69) is 58.7 Å². The van der Waals surface area contributed by atoms with Gasteiger partial charge in [0.05, 0.1) is 6.10 Å². The van der Waals surface area contributed by atoms with Crippen molar-refractivity contribution in [1.82, 2.24) is 9.58 Å². The first-order valence-electron chi connectivity index (χ1n) is 13.1. The van der Waals surface area contributed by atoms with Gasteiger partial charge in [0.15, 0.2) is 5.69 Å². The van der Waals surface area contributed by atoms with E-state index in [0.717, 1.165) is 29.8 Å². The highest BCUT2D eigenvalue weighted by Gasteiger charge is 2.44. The summed E-state index contributed by atoms with van der Waals surface area (Å²) in [5, 5.41) is 0. The number of pyridine rings is 1. The molecule has 2 aliphatic rings. The number of thioether (sulfide) groups is 1. The molecule has 13 heteroatoms. The van der Waals surface area contributed by atoms with Crippen molar-refractivity contribution in [3.63, 3.8) is 0 Å². The zero-order valence-corrected chi connectivity index (χ0v) is 24.0. The predicted octanol–water partition coefficient (Wildman–Crippen LogP) is 5.54. The van der Waals surface area contributed by atoms with Crippen LogP contribution >= 0.6 is 11.8 Å². The fraction of sp³-hybridized carbons (Fsp3) is 0.345. The summed E-state index contributed by atoms with van der Waals surface area (Å²) in [7, 11) is 0. The average molecular weight is 606 g/mol. The Morgan fingerprint density at radius 2 is 1.67 bits per heavy atom. The summed E-state index contributed by atoms with van der Waals surface area (Å²) in [6.45, 7) is 2.80. The van der Waals surface area contributed by atoms with Crippen molar-refractivity contribution < 1.29 is 37.0 Å². The first-order chi connectivity index (χ1) is 20.0. The molecule has 0 aliphatic carbocycles. The lowest BCUT2D eigenvalue weighted by molar-refractivity contribution is -0.172. The van der Waals surface area contributed by atoms with Gasteiger partial charge in [0.1, 0.15) is 12.7 Å². The summed E-state index contributed by atoms with van der Waals surface area (Å²) < 4.78 is 54.3. The Labute approximate surface area is 244 Å². The van der Waals surface area contributed by atoms with Crippen molar-refractivity contribution in [2.45, 2.75) is 56.2 Å². The smallest absolute Gasteiger partial charge is 0.451 e. The molecule has 0 spiro atoms. The lowest BCUT2D eigenvalue weighted by Crippen LogP contribution is -2.54. The first kappa shape index (κ1) is 30.8.